The molecule has 0 saturated carbocycles. The number of halogens is 1. The summed E-state index contributed by atoms with van der Waals surface area (Å²) in [6, 6.07) is 12.1. The lowest BCUT2D eigenvalue weighted by atomic mass is 10.0. The second-order valence-corrected chi connectivity index (χ2v) is 4.82. The average molecular weight is 307 g/mol. The topological polar surface area (TPSA) is 34.1 Å². The smallest absolute Gasteiger partial charge is 0.119 e. The number of benzene rings is 1. The van der Waals surface area contributed by atoms with E-state index in [-0.39, 0.29) is 6.04 Å². The van der Waals surface area contributed by atoms with E-state index in [1.807, 2.05) is 37.4 Å². The van der Waals surface area contributed by atoms with Crippen LogP contribution in [0.5, 0.6) is 5.75 Å². The van der Waals surface area contributed by atoms with Gasteiger partial charge in [0.25, 0.3) is 0 Å². The van der Waals surface area contributed by atoms with Gasteiger partial charge in [0.15, 0.2) is 0 Å². The quantitative estimate of drug-likeness (QED) is 0.942. The second kappa shape index (κ2) is 5.98. The van der Waals surface area contributed by atoms with Crippen molar-refractivity contribution >= 4 is 15.9 Å². The van der Waals surface area contributed by atoms with E-state index in [1.54, 1.807) is 13.3 Å². The van der Waals surface area contributed by atoms with E-state index in [1.165, 1.54) is 0 Å². The van der Waals surface area contributed by atoms with Gasteiger partial charge in [0.05, 0.1) is 18.8 Å². The minimum atomic E-state index is 0.0631. The summed E-state index contributed by atoms with van der Waals surface area (Å²) in [5.74, 6) is 0.852. The summed E-state index contributed by atoms with van der Waals surface area (Å²) >= 11 is 3.39. The molecule has 1 atom stereocenters. The molecule has 0 saturated heterocycles. The molecule has 0 aliphatic rings. The highest BCUT2D eigenvalue weighted by atomic mass is 79.9. The Morgan fingerprint density at radius 3 is 2.72 bits per heavy atom. The van der Waals surface area contributed by atoms with Crippen LogP contribution in [0, 0.1) is 0 Å². The van der Waals surface area contributed by atoms with Crippen LogP contribution < -0.4 is 10.1 Å². The Bertz CT molecular complexity index is 513. The fourth-order valence-electron chi connectivity index (χ4n) is 1.86. The van der Waals surface area contributed by atoms with Gasteiger partial charge >= 0.3 is 0 Å². The number of rotatable bonds is 4. The fourth-order valence-corrected chi connectivity index (χ4v) is 2.10. The molecule has 2 aromatic rings. The molecule has 0 bridgehead atoms. The van der Waals surface area contributed by atoms with Crippen molar-refractivity contribution in [2.24, 2.45) is 0 Å². The average Bonchev–Trinajstić information content (AvgIpc) is 2.42. The third-order valence-electron chi connectivity index (χ3n) is 2.76. The van der Waals surface area contributed by atoms with Gasteiger partial charge in [0.1, 0.15) is 5.75 Å². The lowest BCUT2D eigenvalue weighted by Gasteiger charge is -2.16. The predicted molar refractivity (Wildman–Crippen MR) is 75.8 cm³/mol. The zero-order valence-electron chi connectivity index (χ0n) is 10.4. The molecule has 18 heavy (non-hydrogen) atoms. The lowest BCUT2D eigenvalue weighted by Crippen LogP contribution is -2.18. The SMILES string of the molecule is CNC(c1cccc(OC)c1)c1ccc(Br)cn1. The third-order valence-corrected chi connectivity index (χ3v) is 3.23. The molecule has 0 radical (unpaired) electrons. The number of aromatic nitrogens is 1. The Morgan fingerprint density at radius 1 is 1.28 bits per heavy atom. The molecule has 3 nitrogen and oxygen atoms in total. The molecule has 1 N–H and O–H groups in total. The summed E-state index contributed by atoms with van der Waals surface area (Å²) in [6.45, 7) is 0. The van der Waals surface area contributed by atoms with Crippen LogP contribution in [0.4, 0.5) is 0 Å². The van der Waals surface area contributed by atoms with Crippen molar-refractivity contribution < 1.29 is 4.74 Å². The zero-order chi connectivity index (χ0) is 13.0. The molecule has 0 aliphatic carbocycles. The van der Waals surface area contributed by atoms with Gasteiger partial charge in [-0.05, 0) is 52.8 Å². The van der Waals surface area contributed by atoms with Crippen molar-refractivity contribution in [1.82, 2.24) is 10.3 Å². The summed E-state index contributed by atoms with van der Waals surface area (Å²) in [5.41, 5.74) is 2.11. The number of pyridine rings is 1. The first kappa shape index (κ1) is 13.1. The van der Waals surface area contributed by atoms with E-state index in [0.29, 0.717) is 0 Å². The maximum Gasteiger partial charge on any atom is 0.119 e. The van der Waals surface area contributed by atoms with Crippen LogP contribution in [-0.2, 0) is 0 Å². The maximum atomic E-state index is 5.25. The Balaban J connectivity index is 2.35. The molecule has 0 amide bonds. The molecule has 94 valence electrons. The molecule has 1 unspecified atom stereocenters. The Morgan fingerprint density at radius 2 is 2.11 bits per heavy atom. The maximum absolute atomic E-state index is 5.25. The molecule has 1 heterocycles. The highest BCUT2D eigenvalue weighted by Crippen LogP contribution is 2.24. The standard InChI is InChI=1S/C14H15BrN2O/c1-16-14(13-7-6-11(15)9-17-13)10-4-3-5-12(8-10)18-2/h3-9,14,16H,1-2H3. The van der Waals surface area contributed by atoms with Crippen LogP contribution in [-0.4, -0.2) is 19.1 Å². The first-order valence-electron chi connectivity index (χ1n) is 5.67. The van der Waals surface area contributed by atoms with Crippen LogP contribution in [0.1, 0.15) is 17.3 Å². The number of nitrogens with zero attached hydrogens (tertiary/aromatic N) is 1. The predicted octanol–water partition coefficient (Wildman–Crippen LogP) is 3.16. The van der Waals surface area contributed by atoms with Crippen LogP contribution in [0.2, 0.25) is 0 Å². The first-order chi connectivity index (χ1) is 8.74. The molecule has 0 spiro atoms. The summed E-state index contributed by atoms with van der Waals surface area (Å²) < 4.78 is 6.23. The molecule has 2 rings (SSSR count). The Hall–Kier alpha value is -1.39. The van der Waals surface area contributed by atoms with Gasteiger partial charge in [-0.3, -0.25) is 4.98 Å². The van der Waals surface area contributed by atoms with Crippen molar-refractivity contribution in [2.75, 3.05) is 14.2 Å². The minimum Gasteiger partial charge on any atom is -0.497 e. The Kier molecular flexibility index (Phi) is 4.33. The molecule has 0 aliphatic heterocycles. The van der Waals surface area contributed by atoms with Gasteiger partial charge in [0, 0.05) is 10.7 Å². The highest BCUT2D eigenvalue weighted by molar-refractivity contribution is 9.10. The van der Waals surface area contributed by atoms with Crippen molar-refractivity contribution in [3.63, 3.8) is 0 Å². The lowest BCUT2D eigenvalue weighted by molar-refractivity contribution is 0.413. The van der Waals surface area contributed by atoms with Gasteiger partial charge in [-0.2, -0.15) is 0 Å². The van der Waals surface area contributed by atoms with Crippen molar-refractivity contribution in [3.8, 4) is 5.75 Å². The number of ether oxygens (including phenoxy) is 1. The number of methoxy groups -OCH3 is 1. The van der Waals surface area contributed by atoms with Gasteiger partial charge in [0.2, 0.25) is 0 Å². The molecule has 1 aromatic heterocycles. The molecule has 1 aromatic carbocycles. The normalized spacial score (nSPS) is 12.2. The number of nitrogens with one attached hydrogen (secondary N) is 1. The second-order valence-electron chi connectivity index (χ2n) is 3.90. The summed E-state index contributed by atoms with van der Waals surface area (Å²) in [4.78, 5) is 4.43. The largest absolute Gasteiger partial charge is 0.497 e. The van der Waals surface area contributed by atoms with Gasteiger partial charge < -0.3 is 10.1 Å². The fraction of sp³-hybridized carbons (Fsp3) is 0.214. The molecular formula is C14H15BrN2O. The van der Waals surface area contributed by atoms with Crippen LogP contribution >= 0.6 is 15.9 Å². The minimum absolute atomic E-state index is 0.0631. The zero-order valence-corrected chi connectivity index (χ0v) is 11.9. The van der Waals surface area contributed by atoms with E-state index in [0.717, 1.165) is 21.5 Å². The van der Waals surface area contributed by atoms with E-state index < -0.39 is 0 Å². The van der Waals surface area contributed by atoms with E-state index in [4.69, 9.17) is 4.74 Å². The third kappa shape index (κ3) is 2.89. The summed E-state index contributed by atoms with van der Waals surface area (Å²) in [6.07, 6.45) is 1.81. The van der Waals surface area contributed by atoms with Crippen LogP contribution in [0.3, 0.4) is 0 Å². The van der Waals surface area contributed by atoms with Gasteiger partial charge in [-0.15, -0.1) is 0 Å². The van der Waals surface area contributed by atoms with E-state index in [2.05, 4.69) is 32.3 Å². The van der Waals surface area contributed by atoms with Gasteiger partial charge in [-0.25, -0.2) is 0 Å². The van der Waals surface area contributed by atoms with Crippen molar-refractivity contribution in [2.45, 2.75) is 6.04 Å². The Labute approximate surface area is 115 Å². The highest BCUT2D eigenvalue weighted by Gasteiger charge is 2.13. The number of hydrogen-bond donors (Lipinski definition) is 1. The van der Waals surface area contributed by atoms with Crippen LogP contribution in [0.25, 0.3) is 0 Å². The van der Waals surface area contributed by atoms with E-state index >= 15 is 0 Å². The van der Waals surface area contributed by atoms with Crippen molar-refractivity contribution in [3.05, 3.63) is 58.3 Å². The first-order valence-corrected chi connectivity index (χ1v) is 6.46. The summed E-state index contributed by atoms with van der Waals surface area (Å²) in [7, 11) is 3.60. The number of hydrogen-bond acceptors (Lipinski definition) is 3. The molecule has 4 heteroatoms. The van der Waals surface area contributed by atoms with Crippen LogP contribution in [0.15, 0.2) is 47.1 Å². The van der Waals surface area contributed by atoms with Gasteiger partial charge in [-0.1, -0.05) is 12.1 Å². The van der Waals surface area contributed by atoms with Crippen molar-refractivity contribution in [1.29, 1.82) is 0 Å². The monoisotopic (exact) mass is 306 g/mol. The molecule has 0 fully saturated rings. The molecular weight excluding hydrogens is 292 g/mol. The summed E-state index contributed by atoms with van der Waals surface area (Å²) in [5, 5.41) is 3.27. The van der Waals surface area contributed by atoms with E-state index in [9.17, 15) is 0 Å².